The Balaban J connectivity index is 1.85. The first-order valence-corrected chi connectivity index (χ1v) is 12.1. The van der Waals surface area contributed by atoms with Gasteiger partial charge >= 0.3 is 0 Å². The minimum absolute atomic E-state index is 0.0351. The van der Waals surface area contributed by atoms with Gasteiger partial charge in [0.1, 0.15) is 0 Å². The SMILES string of the molecule is CCC(CNC(=NC)N1CCN(S(=O)(=O)CCOC(C)C)CC1)c1ccccc1. The fourth-order valence-electron chi connectivity index (χ4n) is 3.47. The lowest BCUT2D eigenvalue weighted by Gasteiger charge is -2.36. The second kappa shape index (κ2) is 11.5. The van der Waals surface area contributed by atoms with Gasteiger partial charge in [-0.25, -0.2) is 8.42 Å². The number of hydrogen-bond acceptors (Lipinski definition) is 4. The molecular weight excluding hydrogens is 388 g/mol. The van der Waals surface area contributed by atoms with E-state index in [-0.39, 0.29) is 18.5 Å². The smallest absolute Gasteiger partial charge is 0.216 e. The van der Waals surface area contributed by atoms with Gasteiger partial charge in [0.15, 0.2) is 5.96 Å². The van der Waals surface area contributed by atoms with Crippen molar-refractivity contribution < 1.29 is 13.2 Å². The third-order valence-electron chi connectivity index (χ3n) is 5.21. The van der Waals surface area contributed by atoms with Crippen molar-refractivity contribution >= 4 is 16.0 Å². The van der Waals surface area contributed by atoms with Crippen molar-refractivity contribution in [2.45, 2.75) is 39.2 Å². The van der Waals surface area contributed by atoms with E-state index < -0.39 is 10.0 Å². The number of piperazine rings is 1. The van der Waals surface area contributed by atoms with Crippen LogP contribution in [0, 0.1) is 0 Å². The molecule has 1 aliphatic rings. The number of hydrogen-bond donors (Lipinski definition) is 1. The molecule has 0 radical (unpaired) electrons. The molecule has 1 heterocycles. The summed E-state index contributed by atoms with van der Waals surface area (Å²) in [4.78, 5) is 6.54. The lowest BCUT2D eigenvalue weighted by molar-refractivity contribution is 0.0904. The van der Waals surface area contributed by atoms with Gasteiger partial charge in [-0.3, -0.25) is 4.99 Å². The van der Waals surface area contributed by atoms with Gasteiger partial charge in [-0.2, -0.15) is 4.31 Å². The van der Waals surface area contributed by atoms with E-state index in [2.05, 4.69) is 46.4 Å². The maximum Gasteiger partial charge on any atom is 0.216 e. The molecule has 8 heteroatoms. The Morgan fingerprint density at radius 1 is 1.17 bits per heavy atom. The predicted molar refractivity (Wildman–Crippen MR) is 119 cm³/mol. The Morgan fingerprint density at radius 3 is 2.38 bits per heavy atom. The Labute approximate surface area is 176 Å². The summed E-state index contributed by atoms with van der Waals surface area (Å²) in [6.45, 7) is 9.25. The number of rotatable bonds is 9. The first-order chi connectivity index (χ1) is 13.9. The lowest BCUT2D eigenvalue weighted by Crippen LogP contribution is -2.54. The van der Waals surface area contributed by atoms with Gasteiger partial charge in [-0.15, -0.1) is 0 Å². The Morgan fingerprint density at radius 2 is 1.83 bits per heavy atom. The van der Waals surface area contributed by atoms with Gasteiger partial charge < -0.3 is 15.0 Å². The van der Waals surface area contributed by atoms with Gasteiger partial charge in [0, 0.05) is 45.7 Å². The van der Waals surface area contributed by atoms with Crippen LogP contribution in [0.2, 0.25) is 0 Å². The van der Waals surface area contributed by atoms with E-state index >= 15 is 0 Å². The van der Waals surface area contributed by atoms with Crippen molar-refractivity contribution in [1.29, 1.82) is 0 Å². The predicted octanol–water partition coefficient (Wildman–Crippen LogP) is 2.13. The Hall–Kier alpha value is -1.64. The Bertz CT molecular complexity index is 730. The number of nitrogens with one attached hydrogen (secondary N) is 1. The van der Waals surface area contributed by atoms with Crippen molar-refractivity contribution in [1.82, 2.24) is 14.5 Å². The summed E-state index contributed by atoms with van der Waals surface area (Å²) < 4.78 is 32.0. The van der Waals surface area contributed by atoms with Crippen molar-refractivity contribution in [2.24, 2.45) is 4.99 Å². The van der Waals surface area contributed by atoms with Crippen molar-refractivity contribution in [3.63, 3.8) is 0 Å². The monoisotopic (exact) mass is 424 g/mol. The van der Waals surface area contributed by atoms with Crippen molar-refractivity contribution in [3.05, 3.63) is 35.9 Å². The van der Waals surface area contributed by atoms with Crippen LogP contribution in [0.1, 0.15) is 38.7 Å². The molecule has 1 unspecified atom stereocenters. The molecule has 1 aromatic carbocycles. The molecule has 0 aromatic heterocycles. The van der Waals surface area contributed by atoms with E-state index in [1.807, 2.05) is 19.9 Å². The first kappa shape index (κ1) is 23.6. The number of sulfonamides is 1. The molecule has 164 valence electrons. The van der Waals surface area contributed by atoms with E-state index in [1.54, 1.807) is 11.4 Å². The van der Waals surface area contributed by atoms with Crippen LogP contribution in [0.5, 0.6) is 0 Å². The van der Waals surface area contributed by atoms with E-state index in [1.165, 1.54) is 5.56 Å². The topological polar surface area (TPSA) is 74.2 Å². The first-order valence-electron chi connectivity index (χ1n) is 10.5. The van der Waals surface area contributed by atoms with Crippen LogP contribution >= 0.6 is 0 Å². The fourth-order valence-corrected chi connectivity index (χ4v) is 4.75. The summed E-state index contributed by atoms with van der Waals surface area (Å²) >= 11 is 0. The van der Waals surface area contributed by atoms with E-state index in [0.717, 1.165) is 18.9 Å². The van der Waals surface area contributed by atoms with E-state index in [4.69, 9.17) is 4.74 Å². The summed E-state index contributed by atoms with van der Waals surface area (Å²) in [5.74, 6) is 1.28. The minimum atomic E-state index is -3.28. The largest absolute Gasteiger partial charge is 0.378 e. The molecule has 1 fully saturated rings. The third kappa shape index (κ3) is 7.28. The summed E-state index contributed by atoms with van der Waals surface area (Å²) in [6.07, 6.45) is 1.08. The summed E-state index contributed by atoms with van der Waals surface area (Å²) in [6, 6.07) is 10.5. The molecule has 0 saturated carbocycles. The van der Waals surface area contributed by atoms with Crippen LogP contribution in [0.25, 0.3) is 0 Å². The molecule has 1 aliphatic heterocycles. The van der Waals surface area contributed by atoms with Gasteiger partial charge in [0.05, 0.1) is 18.5 Å². The highest BCUT2D eigenvalue weighted by Crippen LogP contribution is 2.18. The number of aliphatic imine (C=N–C) groups is 1. The van der Waals surface area contributed by atoms with Crippen molar-refractivity contribution in [3.8, 4) is 0 Å². The molecule has 1 atom stereocenters. The Kier molecular flexibility index (Phi) is 9.39. The second-order valence-corrected chi connectivity index (χ2v) is 9.65. The average Bonchev–Trinajstić information content (AvgIpc) is 2.72. The molecule has 1 saturated heterocycles. The number of benzene rings is 1. The van der Waals surface area contributed by atoms with Gasteiger partial charge in [-0.05, 0) is 25.8 Å². The molecule has 7 nitrogen and oxygen atoms in total. The third-order valence-corrected chi connectivity index (χ3v) is 7.04. The summed E-state index contributed by atoms with van der Waals surface area (Å²) in [5.41, 5.74) is 1.32. The van der Waals surface area contributed by atoms with Crippen LogP contribution in [-0.2, 0) is 14.8 Å². The molecule has 1 aromatic rings. The minimum Gasteiger partial charge on any atom is -0.378 e. The summed E-state index contributed by atoms with van der Waals surface area (Å²) in [7, 11) is -1.50. The summed E-state index contributed by atoms with van der Waals surface area (Å²) in [5, 5.41) is 3.48. The molecule has 0 bridgehead atoms. The highest BCUT2D eigenvalue weighted by molar-refractivity contribution is 7.89. The molecular formula is C21H36N4O3S. The fraction of sp³-hybridized carbons (Fsp3) is 0.667. The quantitative estimate of drug-likeness (QED) is 0.486. The van der Waals surface area contributed by atoms with Gasteiger partial charge in [0.2, 0.25) is 10.0 Å². The van der Waals surface area contributed by atoms with Crippen LogP contribution in [-0.4, -0.2) is 81.8 Å². The molecule has 29 heavy (non-hydrogen) atoms. The molecule has 0 aliphatic carbocycles. The van der Waals surface area contributed by atoms with Crippen LogP contribution in [0.4, 0.5) is 0 Å². The maximum absolute atomic E-state index is 12.5. The average molecular weight is 425 g/mol. The highest BCUT2D eigenvalue weighted by atomic mass is 32.2. The van der Waals surface area contributed by atoms with Crippen LogP contribution in [0.3, 0.4) is 0 Å². The van der Waals surface area contributed by atoms with Crippen molar-refractivity contribution in [2.75, 3.05) is 52.1 Å². The van der Waals surface area contributed by atoms with Gasteiger partial charge in [0.25, 0.3) is 0 Å². The molecule has 1 N–H and O–H groups in total. The highest BCUT2D eigenvalue weighted by Gasteiger charge is 2.28. The van der Waals surface area contributed by atoms with Gasteiger partial charge in [-0.1, -0.05) is 37.3 Å². The van der Waals surface area contributed by atoms with E-state index in [9.17, 15) is 8.42 Å². The lowest BCUT2D eigenvalue weighted by atomic mass is 9.96. The van der Waals surface area contributed by atoms with Crippen LogP contribution in [0.15, 0.2) is 35.3 Å². The van der Waals surface area contributed by atoms with Crippen LogP contribution < -0.4 is 5.32 Å². The molecule has 2 rings (SSSR count). The van der Waals surface area contributed by atoms with E-state index in [0.29, 0.717) is 32.1 Å². The maximum atomic E-state index is 12.5. The number of guanidine groups is 1. The zero-order valence-electron chi connectivity index (χ0n) is 18.2. The zero-order chi connectivity index (χ0) is 21.3. The number of ether oxygens (including phenoxy) is 1. The molecule has 0 spiro atoms. The normalized spacial score (nSPS) is 17.6. The molecule has 0 amide bonds. The number of nitrogens with zero attached hydrogens (tertiary/aromatic N) is 3. The zero-order valence-corrected chi connectivity index (χ0v) is 19.0. The standard InChI is InChI=1S/C21H36N4O3S/c1-5-19(20-9-7-6-8-10-20)17-23-21(22-4)24-11-13-25(14-12-24)29(26,27)16-15-28-18(2)3/h6-10,18-19H,5,11-17H2,1-4H3,(H,22,23). The second-order valence-electron chi connectivity index (χ2n) is 7.57.